The minimum Gasteiger partial charge on any atom is -0.477 e. The number of carbonyl (C=O) groups is 4. The van der Waals surface area contributed by atoms with E-state index in [1.54, 1.807) is 5.32 Å². The summed E-state index contributed by atoms with van der Waals surface area (Å²) >= 11 is 0. The molecule has 0 aromatic carbocycles. The lowest BCUT2D eigenvalue weighted by Gasteiger charge is -2.51. The topological polar surface area (TPSA) is 418 Å². The predicted molar refractivity (Wildman–Crippen MR) is 217 cm³/mol. The highest BCUT2D eigenvalue weighted by molar-refractivity contribution is 5.82. The van der Waals surface area contributed by atoms with Gasteiger partial charge in [-0.2, -0.15) is 13.2 Å². The zero-order valence-corrected chi connectivity index (χ0v) is 38.0. The first-order valence-electron chi connectivity index (χ1n) is 22.4. The summed E-state index contributed by atoms with van der Waals surface area (Å²) in [6.45, 7) is -3.45. The summed E-state index contributed by atoms with van der Waals surface area (Å²) in [6, 6.07) is -3.92. The number of carboxylic acids is 1. The summed E-state index contributed by atoms with van der Waals surface area (Å²) in [5.74, 6) is -9.23. The van der Waals surface area contributed by atoms with Crippen LogP contribution >= 0.6 is 0 Å². The van der Waals surface area contributed by atoms with Crippen LogP contribution in [0.25, 0.3) is 0 Å². The fourth-order valence-corrected chi connectivity index (χ4v) is 8.27. The van der Waals surface area contributed by atoms with E-state index in [0.717, 1.165) is 6.92 Å². The van der Waals surface area contributed by atoms with Gasteiger partial charge in [-0.05, 0) is 12.8 Å². The number of hydrogen-bond acceptors (Lipinski definition) is 24. The number of carbonyl (C=O) groups excluding carboxylic acids is 3. The number of ether oxygens (including phenoxy) is 9. The number of nitrogens with one attached hydrogen (secondary N) is 2. The maximum Gasteiger partial charge on any atom is 0.471 e. The summed E-state index contributed by atoms with van der Waals surface area (Å²) in [4.78, 5) is 49.2. The van der Waals surface area contributed by atoms with Crippen LogP contribution in [-0.4, -0.2) is 254 Å². The molecule has 0 radical (unpaired) electrons. The molecule has 4 rings (SSSR count). The van der Waals surface area contributed by atoms with Crippen LogP contribution in [0.2, 0.25) is 0 Å². The highest BCUT2D eigenvalue weighted by atomic mass is 19.4. The van der Waals surface area contributed by atoms with Crippen molar-refractivity contribution in [1.29, 1.82) is 0 Å². The lowest BCUT2D eigenvalue weighted by Crippen LogP contribution is -2.72. The minimum absolute atomic E-state index is 0.211. The third kappa shape index (κ3) is 15.0. The Hall–Kier alpha value is -3.09. The number of rotatable bonds is 24. The number of carboxylic acid groups (broad SMARTS) is 1. The predicted octanol–water partition coefficient (Wildman–Crippen LogP) is -6.15. The Balaban J connectivity index is 1.73. The average Bonchev–Trinajstić information content (AvgIpc) is 3.31. The molecule has 14 N–H and O–H groups in total. The smallest absolute Gasteiger partial charge is 0.471 e. The number of esters is 1. The van der Waals surface area contributed by atoms with E-state index in [4.69, 9.17) is 37.9 Å². The average molecular weight is 1030 g/mol. The number of alkyl halides is 3. The van der Waals surface area contributed by atoms with Crippen molar-refractivity contribution in [2.75, 3.05) is 40.1 Å². The molecule has 4 aliphatic heterocycles. The van der Waals surface area contributed by atoms with Crippen molar-refractivity contribution in [2.45, 2.75) is 187 Å². The van der Waals surface area contributed by atoms with E-state index in [1.807, 2.05) is 0 Å². The van der Waals surface area contributed by atoms with E-state index in [9.17, 15) is 93.6 Å². The lowest BCUT2D eigenvalue weighted by molar-refractivity contribution is -0.388. The molecule has 2 amide bonds. The maximum absolute atomic E-state index is 14.0. The van der Waals surface area contributed by atoms with Gasteiger partial charge in [-0.1, -0.05) is 25.7 Å². The Morgan fingerprint density at radius 2 is 1.36 bits per heavy atom. The number of amides is 2. The van der Waals surface area contributed by atoms with E-state index in [-0.39, 0.29) is 25.4 Å². The third-order valence-electron chi connectivity index (χ3n) is 12.0. The first-order valence-corrected chi connectivity index (χ1v) is 22.4. The number of aliphatic hydroxyl groups is 11. The van der Waals surface area contributed by atoms with Gasteiger partial charge in [-0.25, -0.2) is 4.79 Å². The standard InChI is InChI=1S/C40H65F3N2O25/c1-16(49)44-23-17(50)11-39(38(60)61,69-31(23)26(55)18(51)12-46)70-33-27(56)20(13-47)65-36(29(33)58)68-32-24(45-37(59)40(41,42)43)34(63-10-8-6-4-3-5-7-9-22(53)62-2)66-21(14-48)30(32)67-35-28(57)25(54)19(52)15-64-35/h17-21,23-36,46-48,50-52,54-58H,3-15H2,1-2H3,(H,44,49)(H,45,59)(H,60,61)/t17?,18?,19-,20?,21?,23-,24?,25?,26?,27+,28?,29?,30-,31?,32?,33?,34-,35?,36?,39+/m1/s1. The van der Waals surface area contributed by atoms with Crippen molar-refractivity contribution in [2.24, 2.45) is 0 Å². The van der Waals surface area contributed by atoms with Crippen molar-refractivity contribution < 1.29 is 136 Å². The minimum atomic E-state index is -5.62. The zero-order valence-electron chi connectivity index (χ0n) is 38.0. The summed E-state index contributed by atoms with van der Waals surface area (Å²) in [7, 11) is 1.26. The summed E-state index contributed by atoms with van der Waals surface area (Å²) in [5, 5.41) is 132. The number of halogens is 3. The van der Waals surface area contributed by atoms with Gasteiger partial charge >= 0.3 is 24.0 Å². The van der Waals surface area contributed by atoms with Crippen LogP contribution in [-0.2, 0) is 61.8 Å². The Kier molecular flexibility index (Phi) is 22.7. The normalized spacial score (nSPS) is 38.0. The van der Waals surface area contributed by atoms with E-state index in [2.05, 4.69) is 10.1 Å². The number of aliphatic hydroxyl groups excluding tert-OH is 11. The molecule has 70 heavy (non-hydrogen) atoms. The molecule has 0 saturated carbocycles. The molecule has 406 valence electrons. The summed E-state index contributed by atoms with van der Waals surface area (Å²) < 4.78 is 92.4. The largest absolute Gasteiger partial charge is 0.477 e. The number of hydrogen-bond donors (Lipinski definition) is 14. The highest BCUT2D eigenvalue weighted by Crippen LogP contribution is 2.39. The molecule has 0 spiro atoms. The van der Waals surface area contributed by atoms with Crippen LogP contribution in [0.15, 0.2) is 0 Å². The third-order valence-corrected chi connectivity index (χ3v) is 12.0. The molecule has 14 unspecified atom stereocenters. The van der Waals surface area contributed by atoms with Crippen LogP contribution in [0.1, 0.15) is 58.3 Å². The first-order chi connectivity index (χ1) is 32.9. The number of aliphatic carboxylic acids is 1. The second kappa shape index (κ2) is 26.7. The molecule has 4 fully saturated rings. The molecule has 27 nitrogen and oxygen atoms in total. The Morgan fingerprint density at radius 3 is 1.94 bits per heavy atom. The Morgan fingerprint density at radius 1 is 0.743 bits per heavy atom. The van der Waals surface area contributed by atoms with Gasteiger partial charge in [0.2, 0.25) is 5.91 Å². The maximum atomic E-state index is 14.0. The van der Waals surface area contributed by atoms with Crippen LogP contribution in [0.4, 0.5) is 13.2 Å². The van der Waals surface area contributed by atoms with Gasteiger partial charge in [0, 0.05) is 26.4 Å². The van der Waals surface area contributed by atoms with Crippen molar-refractivity contribution in [1.82, 2.24) is 10.6 Å². The first kappa shape index (κ1) is 59.5. The highest BCUT2D eigenvalue weighted by Gasteiger charge is 2.61. The molecule has 0 aliphatic carbocycles. The van der Waals surface area contributed by atoms with E-state index in [1.165, 1.54) is 7.11 Å². The van der Waals surface area contributed by atoms with Gasteiger partial charge in [-0.15, -0.1) is 0 Å². The molecule has 0 aromatic rings. The fourth-order valence-electron chi connectivity index (χ4n) is 8.27. The Labute approximate surface area is 397 Å². The molecule has 4 aliphatic rings. The van der Waals surface area contributed by atoms with Gasteiger partial charge < -0.3 is 115 Å². The quantitative estimate of drug-likeness (QED) is 0.0316. The second-order valence-corrected chi connectivity index (χ2v) is 17.2. The van der Waals surface area contributed by atoms with Crippen LogP contribution in [0, 0.1) is 0 Å². The van der Waals surface area contributed by atoms with Crippen LogP contribution in [0.3, 0.4) is 0 Å². The molecule has 0 bridgehead atoms. The molecule has 0 aromatic heterocycles. The second-order valence-electron chi connectivity index (χ2n) is 17.2. The van der Waals surface area contributed by atoms with Crippen molar-refractivity contribution >= 4 is 23.8 Å². The molecule has 4 saturated heterocycles. The van der Waals surface area contributed by atoms with Crippen molar-refractivity contribution in [3.8, 4) is 0 Å². The molecular formula is C40H65F3N2O25. The van der Waals surface area contributed by atoms with Gasteiger partial charge in [0.05, 0.1) is 45.7 Å². The van der Waals surface area contributed by atoms with E-state index in [0.29, 0.717) is 32.1 Å². The monoisotopic (exact) mass is 1030 g/mol. The Bertz CT molecular complexity index is 1680. The summed E-state index contributed by atoms with van der Waals surface area (Å²) in [5.41, 5.74) is 0. The molecular weight excluding hydrogens is 965 g/mol. The van der Waals surface area contributed by atoms with Gasteiger partial charge in [0.1, 0.15) is 85.4 Å². The number of methoxy groups -OCH3 is 1. The van der Waals surface area contributed by atoms with Crippen LogP contribution in [0.5, 0.6) is 0 Å². The molecule has 4 heterocycles. The van der Waals surface area contributed by atoms with Gasteiger partial charge in [0.15, 0.2) is 18.9 Å². The van der Waals surface area contributed by atoms with Crippen molar-refractivity contribution in [3.63, 3.8) is 0 Å². The fraction of sp³-hybridized carbons (Fsp3) is 0.900. The SMILES string of the molecule is COC(=O)CCCCCCCCO[C@@H]1OC(CO)[C@@H](OC2OC[C@@H](O)C(O)C2O)C(OC2OC(CO)[C@H](O)C(O[C@]3(C(=O)O)CC(O)[C@@H](NC(C)=O)C(C(O)C(O)CO)O3)C2O)C1NC(=O)C(F)(F)F. The summed E-state index contributed by atoms with van der Waals surface area (Å²) in [6.07, 6.45) is -39.3. The van der Waals surface area contributed by atoms with Gasteiger partial charge in [0.25, 0.3) is 5.79 Å². The van der Waals surface area contributed by atoms with Crippen LogP contribution < -0.4 is 10.6 Å². The lowest BCUT2D eigenvalue weighted by atomic mass is 9.88. The van der Waals surface area contributed by atoms with Gasteiger partial charge in [-0.3, -0.25) is 14.4 Å². The molecule has 20 atom stereocenters. The van der Waals surface area contributed by atoms with E-state index >= 15 is 0 Å². The van der Waals surface area contributed by atoms with E-state index < -0.39 is 179 Å². The number of unbranched alkanes of at least 4 members (excludes halogenated alkanes) is 5. The van der Waals surface area contributed by atoms with Crippen molar-refractivity contribution in [3.05, 3.63) is 0 Å². The molecule has 30 heteroatoms. The zero-order chi connectivity index (χ0) is 52.2.